The first-order chi connectivity index (χ1) is 9.52. The highest BCUT2D eigenvalue weighted by molar-refractivity contribution is 7.98. The van der Waals surface area contributed by atoms with Crippen molar-refractivity contribution in [3.8, 4) is 5.75 Å². The Morgan fingerprint density at radius 3 is 2.60 bits per heavy atom. The van der Waals surface area contributed by atoms with Crippen molar-refractivity contribution < 1.29 is 19.4 Å². The van der Waals surface area contributed by atoms with Gasteiger partial charge in [0.25, 0.3) is 5.91 Å². The van der Waals surface area contributed by atoms with E-state index in [0.717, 1.165) is 0 Å². The van der Waals surface area contributed by atoms with Crippen molar-refractivity contribution in [2.24, 2.45) is 0 Å². The number of carboxylic acid groups (broad SMARTS) is 1. The van der Waals surface area contributed by atoms with Crippen molar-refractivity contribution in [2.75, 3.05) is 18.6 Å². The molecule has 1 aromatic rings. The number of hydrogen-bond acceptors (Lipinski definition) is 5. The summed E-state index contributed by atoms with van der Waals surface area (Å²) in [5.74, 6) is -0.690. The van der Waals surface area contributed by atoms with Crippen LogP contribution in [0.25, 0.3) is 0 Å². The minimum Gasteiger partial charge on any atom is -0.548 e. The lowest BCUT2D eigenvalue weighted by atomic mass is 10.2. The quantitative estimate of drug-likeness (QED) is 0.764. The fourth-order valence-electron chi connectivity index (χ4n) is 1.40. The zero-order chi connectivity index (χ0) is 15.0. The van der Waals surface area contributed by atoms with Gasteiger partial charge in [0.2, 0.25) is 0 Å². The Kier molecular flexibility index (Phi) is 7.25. The SMILES string of the molecule is CSCC[C@@H](NC(=O)COc1ccc(Cl)cc1)C(=O)[O-]. The maximum atomic E-state index is 11.6. The summed E-state index contributed by atoms with van der Waals surface area (Å²) in [5.41, 5.74) is 0. The minimum atomic E-state index is -1.29. The van der Waals surface area contributed by atoms with Crippen LogP contribution in [0, 0.1) is 0 Å². The van der Waals surface area contributed by atoms with Crippen molar-refractivity contribution in [1.29, 1.82) is 0 Å². The first kappa shape index (κ1) is 16.7. The van der Waals surface area contributed by atoms with Crippen LogP contribution in [0.3, 0.4) is 0 Å². The summed E-state index contributed by atoms with van der Waals surface area (Å²) < 4.78 is 5.22. The van der Waals surface area contributed by atoms with Crippen LogP contribution in [0.5, 0.6) is 5.75 Å². The fourth-order valence-corrected chi connectivity index (χ4v) is 2.00. The van der Waals surface area contributed by atoms with E-state index in [0.29, 0.717) is 22.9 Å². The molecule has 0 bridgehead atoms. The van der Waals surface area contributed by atoms with Gasteiger partial charge in [-0.25, -0.2) is 0 Å². The molecule has 0 spiro atoms. The van der Waals surface area contributed by atoms with Gasteiger partial charge in [0.1, 0.15) is 5.75 Å². The van der Waals surface area contributed by atoms with Crippen molar-refractivity contribution in [3.63, 3.8) is 0 Å². The second-order valence-electron chi connectivity index (χ2n) is 3.96. The Labute approximate surface area is 126 Å². The third kappa shape index (κ3) is 6.16. The summed E-state index contributed by atoms with van der Waals surface area (Å²) in [6, 6.07) is 5.52. The lowest BCUT2D eigenvalue weighted by Crippen LogP contribution is -2.49. The number of carbonyl (C=O) groups excluding carboxylic acids is 2. The molecule has 0 fully saturated rings. The van der Waals surface area contributed by atoms with Crippen LogP contribution >= 0.6 is 23.4 Å². The summed E-state index contributed by atoms with van der Waals surface area (Å²) in [5, 5.41) is 13.8. The van der Waals surface area contributed by atoms with Crippen LogP contribution in [0.1, 0.15) is 6.42 Å². The predicted octanol–water partition coefficient (Wildman–Crippen LogP) is 0.707. The van der Waals surface area contributed by atoms with E-state index in [-0.39, 0.29) is 6.61 Å². The number of aliphatic carboxylic acids is 1. The third-order valence-corrected chi connectivity index (χ3v) is 3.31. The zero-order valence-corrected chi connectivity index (χ0v) is 12.5. The number of carboxylic acids is 1. The van der Waals surface area contributed by atoms with E-state index >= 15 is 0 Å². The Morgan fingerprint density at radius 1 is 1.40 bits per heavy atom. The van der Waals surface area contributed by atoms with Gasteiger partial charge < -0.3 is 20.0 Å². The molecule has 0 saturated carbocycles. The molecule has 1 N–H and O–H groups in total. The maximum Gasteiger partial charge on any atom is 0.258 e. The maximum absolute atomic E-state index is 11.6. The molecule has 1 atom stereocenters. The first-order valence-corrected chi connectivity index (χ1v) is 7.67. The number of hydrogen-bond donors (Lipinski definition) is 1. The van der Waals surface area contributed by atoms with Gasteiger partial charge in [0, 0.05) is 5.02 Å². The number of rotatable bonds is 8. The second-order valence-corrected chi connectivity index (χ2v) is 5.39. The molecule has 0 aliphatic carbocycles. The van der Waals surface area contributed by atoms with Crippen LogP contribution in [0.2, 0.25) is 5.02 Å². The van der Waals surface area contributed by atoms with Crippen LogP contribution in [-0.4, -0.2) is 36.5 Å². The van der Waals surface area contributed by atoms with Gasteiger partial charge in [-0.15, -0.1) is 0 Å². The largest absolute Gasteiger partial charge is 0.548 e. The molecule has 0 saturated heterocycles. The zero-order valence-electron chi connectivity index (χ0n) is 10.9. The van der Waals surface area contributed by atoms with E-state index in [1.807, 2.05) is 6.26 Å². The van der Waals surface area contributed by atoms with Gasteiger partial charge in [-0.3, -0.25) is 4.79 Å². The molecule has 7 heteroatoms. The van der Waals surface area contributed by atoms with Crippen LogP contribution in [-0.2, 0) is 9.59 Å². The molecule has 5 nitrogen and oxygen atoms in total. The van der Waals surface area contributed by atoms with E-state index in [2.05, 4.69) is 5.32 Å². The van der Waals surface area contributed by atoms with Crippen LogP contribution < -0.4 is 15.2 Å². The van der Waals surface area contributed by atoms with Gasteiger partial charge in [0.05, 0.1) is 12.0 Å². The monoisotopic (exact) mass is 316 g/mol. The summed E-state index contributed by atoms with van der Waals surface area (Å²) >= 11 is 7.22. The molecular formula is C13H15ClNO4S-. The van der Waals surface area contributed by atoms with Gasteiger partial charge in [-0.1, -0.05) is 11.6 Å². The van der Waals surface area contributed by atoms with Crippen molar-refractivity contribution >= 4 is 35.2 Å². The average Bonchev–Trinajstić information content (AvgIpc) is 2.42. The molecule has 0 aliphatic rings. The molecule has 0 heterocycles. The highest BCUT2D eigenvalue weighted by Gasteiger charge is 2.13. The Morgan fingerprint density at radius 2 is 2.05 bits per heavy atom. The van der Waals surface area contributed by atoms with Crippen molar-refractivity contribution in [3.05, 3.63) is 29.3 Å². The van der Waals surface area contributed by atoms with Gasteiger partial charge >= 0.3 is 0 Å². The number of nitrogens with one attached hydrogen (secondary N) is 1. The van der Waals surface area contributed by atoms with E-state index in [4.69, 9.17) is 16.3 Å². The van der Waals surface area contributed by atoms with Gasteiger partial charge in [0.15, 0.2) is 6.61 Å². The lowest BCUT2D eigenvalue weighted by Gasteiger charge is -2.19. The Bertz CT molecular complexity index is 452. The van der Waals surface area contributed by atoms with Crippen molar-refractivity contribution in [2.45, 2.75) is 12.5 Å². The van der Waals surface area contributed by atoms with Crippen LogP contribution in [0.15, 0.2) is 24.3 Å². The van der Waals surface area contributed by atoms with Gasteiger partial charge in [-0.05, 0) is 42.7 Å². The van der Waals surface area contributed by atoms with E-state index in [1.54, 1.807) is 24.3 Å². The molecule has 1 amide bonds. The molecule has 0 aliphatic heterocycles. The normalized spacial score (nSPS) is 11.7. The molecule has 0 aromatic heterocycles. The third-order valence-electron chi connectivity index (χ3n) is 2.41. The number of thioether (sulfide) groups is 1. The molecule has 1 rings (SSSR count). The first-order valence-electron chi connectivity index (χ1n) is 5.90. The van der Waals surface area contributed by atoms with Gasteiger partial charge in [-0.2, -0.15) is 11.8 Å². The van der Waals surface area contributed by atoms with E-state index in [1.165, 1.54) is 11.8 Å². The number of amides is 1. The fraction of sp³-hybridized carbons (Fsp3) is 0.385. The number of halogens is 1. The smallest absolute Gasteiger partial charge is 0.258 e. The number of carbonyl (C=O) groups is 2. The highest BCUT2D eigenvalue weighted by Crippen LogP contribution is 2.15. The number of benzene rings is 1. The molecule has 0 radical (unpaired) electrons. The number of ether oxygens (including phenoxy) is 1. The topological polar surface area (TPSA) is 78.5 Å². The summed E-state index contributed by atoms with van der Waals surface area (Å²) in [6.07, 6.45) is 2.17. The van der Waals surface area contributed by atoms with E-state index < -0.39 is 17.9 Å². The molecule has 0 unspecified atom stereocenters. The Balaban J connectivity index is 2.41. The summed E-state index contributed by atoms with van der Waals surface area (Å²) in [7, 11) is 0. The molecule has 20 heavy (non-hydrogen) atoms. The average molecular weight is 317 g/mol. The van der Waals surface area contributed by atoms with E-state index in [9.17, 15) is 14.7 Å². The van der Waals surface area contributed by atoms with Crippen molar-refractivity contribution in [1.82, 2.24) is 5.32 Å². The molecule has 1 aromatic carbocycles. The predicted molar refractivity (Wildman–Crippen MR) is 76.9 cm³/mol. The lowest BCUT2D eigenvalue weighted by molar-refractivity contribution is -0.308. The molecular weight excluding hydrogens is 302 g/mol. The minimum absolute atomic E-state index is 0.259. The standard InChI is InChI=1S/C13H16ClNO4S/c1-20-7-6-11(13(17)18)15-12(16)8-19-10-4-2-9(14)3-5-10/h2-5,11H,6-8H2,1H3,(H,15,16)(H,17,18)/p-1/t11-/m1/s1. The summed E-state index contributed by atoms with van der Waals surface area (Å²) in [4.78, 5) is 22.5. The summed E-state index contributed by atoms with van der Waals surface area (Å²) in [6.45, 7) is -0.259. The second kappa shape index (κ2) is 8.71. The molecule has 110 valence electrons. The van der Waals surface area contributed by atoms with Crippen LogP contribution in [0.4, 0.5) is 0 Å². The Hall–Kier alpha value is -1.40. The highest BCUT2D eigenvalue weighted by atomic mass is 35.5.